The Hall–Kier alpha value is -2.13. The third-order valence-electron chi connectivity index (χ3n) is 3.15. The molecule has 3 nitrogen and oxygen atoms in total. The highest BCUT2D eigenvalue weighted by Gasteiger charge is 2.09. The zero-order chi connectivity index (χ0) is 12.5. The minimum Gasteiger partial charge on any atom is -0.326 e. The Morgan fingerprint density at radius 3 is 2.61 bits per heavy atom. The van der Waals surface area contributed by atoms with Gasteiger partial charge in [-0.3, -0.25) is 4.40 Å². The van der Waals surface area contributed by atoms with E-state index in [2.05, 4.69) is 39.8 Å². The first kappa shape index (κ1) is 11.0. The molecule has 0 atom stereocenters. The van der Waals surface area contributed by atoms with Crippen LogP contribution in [-0.4, -0.2) is 9.38 Å². The van der Waals surface area contributed by atoms with Crippen LogP contribution in [0.2, 0.25) is 0 Å². The van der Waals surface area contributed by atoms with Crippen molar-refractivity contribution in [2.24, 2.45) is 5.73 Å². The fourth-order valence-electron chi connectivity index (χ4n) is 2.20. The van der Waals surface area contributed by atoms with E-state index < -0.39 is 0 Å². The SMILES string of the molecule is Cc1nc(-c2ccccc2)n2cc(CN)ccc12. The molecule has 3 rings (SSSR count). The number of rotatable bonds is 2. The van der Waals surface area contributed by atoms with Crippen LogP contribution in [0.4, 0.5) is 0 Å². The number of nitrogens with zero attached hydrogens (tertiary/aromatic N) is 2. The van der Waals surface area contributed by atoms with Gasteiger partial charge >= 0.3 is 0 Å². The van der Waals surface area contributed by atoms with E-state index in [1.165, 1.54) is 0 Å². The highest BCUT2D eigenvalue weighted by Crippen LogP contribution is 2.22. The number of aryl methyl sites for hydroxylation is 1. The first-order chi connectivity index (χ1) is 8.79. The lowest BCUT2D eigenvalue weighted by molar-refractivity contribution is 1.03. The fraction of sp³-hybridized carbons (Fsp3) is 0.133. The molecule has 0 unspecified atom stereocenters. The first-order valence-electron chi connectivity index (χ1n) is 6.02. The molecule has 0 fully saturated rings. The number of hydrogen-bond donors (Lipinski definition) is 1. The number of aromatic nitrogens is 2. The number of pyridine rings is 1. The minimum absolute atomic E-state index is 0.543. The minimum atomic E-state index is 0.543. The van der Waals surface area contributed by atoms with E-state index in [0.29, 0.717) is 6.54 Å². The van der Waals surface area contributed by atoms with Gasteiger partial charge in [0.1, 0.15) is 5.82 Å². The maximum atomic E-state index is 5.70. The summed E-state index contributed by atoms with van der Waals surface area (Å²) in [5, 5.41) is 0. The molecule has 0 amide bonds. The van der Waals surface area contributed by atoms with Gasteiger partial charge in [0.05, 0.1) is 11.2 Å². The zero-order valence-corrected chi connectivity index (χ0v) is 10.3. The van der Waals surface area contributed by atoms with Gasteiger partial charge in [-0.1, -0.05) is 36.4 Å². The lowest BCUT2D eigenvalue weighted by atomic mass is 10.2. The van der Waals surface area contributed by atoms with Gasteiger partial charge in [-0.15, -0.1) is 0 Å². The molecule has 0 aliphatic rings. The second-order valence-electron chi connectivity index (χ2n) is 4.38. The number of imidazole rings is 1. The smallest absolute Gasteiger partial charge is 0.144 e. The van der Waals surface area contributed by atoms with Crippen molar-refractivity contribution in [3.05, 3.63) is 59.9 Å². The molecule has 0 saturated heterocycles. The van der Waals surface area contributed by atoms with Crippen LogP contribution in [-0.2, 0) is 6.54 Å². The number of nitrogens with two attached hydrogens (primary N) is 1. The van der Waals surface area contributed by atoms with Gasteiger partial charge in [-0.2, -0.15) is 0 Å². The van der Waals surface area contributed by atoms with E-state index >= 15 is 0 Å². The van der Waals surface area contributed by atoms with Crippen molar-refractivity contribution in [3.63, 3.8) is 0 Å². The van der Waals surface area contributed by atoms with E-state index in [4.69, 9.17) is 5.73 Å². The van der Waals surface area contributed by atoms with Gasteiger partial charge in [0.2, 0.25) is 0 Å². The number of hydrogen-bond acceptors (Lipinski definition) is 2. The van der Waals surface area contributed by atoms with Gasteiger partial charge < -0.3 is 5.73 Å². The maximum absolute atomic E-state index is 5.70. The van der Waals surface area contributed by atoms with Crippen LogP contribution in [0.3, 0.4) is 0 Å². The van der Waals surface area contributed by atoms with Crippen molar-refractivity contribution < 1.29 is 0 Å². The van der Waals surface area contributed by atoms with Crippen molar-refractivity contribution in [1.82, 2.24) is 9.38 Å². The highest BCUT2D eigenvalue weighted by atomic mass is 15.0. The highest BCUT2D eigenvalue weighted by molar-refractivity contribution is 5.65. The van der Waals surface area contributed by atoms with E-state index in [1.54, 1.807) is 0 Å². The summed E-state index contributed by atoms with van der Waals surface area (Å²) in [4.78, 5) is 4.66. The number of benzene rings is 1. The summed E-state index contributed by atoms with van der Waals surface area (Å²) in [5.41, 5.74) is 10.1. The first-order valence-corrected chi connectivity index (χ1v) is 6.02. The average molecular weight is 237 g/mol. The molecular weight excluding hydrogens is 222 g/mol. The molecule has 0 saturated carbocycles. The molecule has 2 N–H and O–H groups in total. The molecule has 0 aliphatic carbocycles. The van der Waals surface area contributed by atoms with Gasteiger partial charge in [-0.25, -0.2) is 4.98 Å². The van der Waals surface area contributed by atoms with Crippen LogP contribution in [0.1, 0.15) is 11.3 Å². The maximum Gasteiger partial charge on any atom is 0.144 e. The van der Waals surface area contributed by atoms with Crippen molar-refractivity contribution in [2.45, 2.75) is 13.5 Å². The molecular formula is C15H15N3. The summed E-state index contributed by atoms with van der Waals surface area (Å²) in [6, 6.07) is 14.3. The quantitative estimate of drug-likeness (QED) is 0.744. The molecule has 2 aromatic heterocycles. The van der Waals surface area contributed by atoms with E-state index in [-0.39, 0.29) is 0 Å². The van der Waals surface area contributed by atoms with E-state index in [9.17, 15) is 0 Å². The molecule has 0 spiro atoms. The Morgan fingerprint density at radius 2 is 1.89 bits per heavy atom. The molecule has 3 aromatic rings. The van der Waals surface area contributed by atoms with Crippen LogP contribution in [0.15, 0.2) is 48.7 Å². The van der Waals surface area contributed by atoms with Crippen LogP contribution in [0, 0.1) is 6.92 Å². The normalized spacial score (nSPS) is 11.0. The second-order valence-corrected chi connectivity index (χ2v) is 4.38. The Kier molecular flexibility index (Phi) is 2.61. The Morgan fingerprint density at radius 1 is 1.11 bits per heavy atom. The third-order valence-corrected chi connectivity index (χ3v) is 3.15. The van der Waals surface area contributed by atoms with Crippen molar-refractivity contribution in [2.75, 3.05) is 0 Å². The predicted octanol–water partition coefficient (Wildman–Crippen LogP) is 2.77. The van der Waals surface area contributed by atoms with Crippen molar-refractivity contribution in [1.29, 1.82) is 0 Å². The lowest BCUT2D eigenvalue weighted by Gasteiger charge is -2.03. The summed E-state index contributed by atoms with van der Waals surface area (Å²) in [6.07, 6.45) is 2.07. The zero-order valence-electron chi connectivity index (χ0n) is 10.3. The van der Waals surface area contributed by atoms with Crippen molar-refractivity contribution >= 4 is 5.52 Å². The van der Waals surface area contributed by atoms with Crippen LogP contribution in [0.25, 0.3) is 16.9 Å². The van der Waals surface area contributed by atoms with Crippen LogP contribution in [0.5, 0.6) is 0 Å². The Bertz CT molecular complexity index is 684. The molecule has 18 heavy (non-hydrogen) atoms. The summed E-state index contributed by atoms with van der Waals surface area (Å²) in [5.74, 6) is 0.971. The van der Waals surface area contributed by atoms with Gasteiger partial charge in [0, 0.05) is 18.3 Å². The summed E-state index contributed by atoms with van der Waals surface area (Å²) in [6.45, 7) is 2.57. The van der Waals surface area contributed by atoms with Gasteiger partial charge in [-0.05, 0) is 18.6 Å². The summed E-state index contributed by atoms with van der Waals surface area (Å²) in [7, 11) is 0. The van der Waals surface area contributed by atoms with Crippen LogP contribution >= 0.6 is 0 Å². The molecule has 3 heteroatoms. The third kappa shape index (κ3) is 1.69. The van der Waals surface area contributed by atoms with Gasteiger partial charge in [0.15, 0.2) is 0 Å². The second kappa shape index (κ2) is 4.27. The number of fused-ring (bicyclic) bond motifs is 1. The topological polar surface area (TPSA) is 43.3 Å². The van der Waals surface area contributed by atoms with Gasteiger partial charge in [0.25, 0.3) is 0 Å². The summed E-state index contributed by atoms with van der Waals surface area (Å²) < 4.78 is 2.12. The predicted molar refractivity (Wildman–Crippen MR) is 73.3 cm³/mol. The Balaban J connectivity index is 2.29. The standard InChI is InChI=1S/C15H15N3/c1-11-14-8-7-12(9-16)10-18(14)15(17-11)13-5-3-2-4-6-13/h2-8,10H,9,16H2,1H3. The fourth-order valence-corrected chi connectivity index (χ4v) is 2.20. The molecule has 0 bridgehead atoms. The molecule has 2 heterocycles. The Labute approximate surface area is 106 Å². The average Bonchev–Trinajstić information content (AvgIpc) is 2.76. The molecule has 90 valence electrons. The van der Waals surface area contributed by atoms with Crippen molar-refractivity contribution in [3.8, 4) is 11.4 Å². The molecule has 0 aliphatic heterocycles. The molecule has 1 aromatic carbocycles. The summed E-state index contributed by atoms with van der Waals surface area (Å²) >= 11 is 0. The largest absolute Gasteiger partial charge is 0.326 e. The van der Waals surface area contributed by atoms with E-state index in [0.717, 1.165) is 28.2 Å². The molecule has 0 radical (unpaired) electrons. The monoisotopic (exact) mass is 237 g/mol. The lowest BCUT2D eigenvalue weighted by Crippen LogP contribution is -1.99. The van der Waals surface area contributed by atoms with Crippen LogP contribution < -0.4 is 5.73 Å². The van der Waals surface area contributed by atoms with E-state index in [1.807, 2.05) is 25.1 Å².